The monoisotopic (exact) mass is 181 g/mol. The van der Waals surface area contributed by atoms with Crippen molar-refractivity contribution < 1.29 is 13.6 Å². The molecule has 0 heterocycles. The first-order chi connectivity index (χ1) is 5.56. The standard InChI is InChI=1S/C6H13F2N3O/c7-5(8)3-11(2-1-9)4-6(10)12/h5H,1-4,9H2,(H2,10,12). The van der Waals surface area contributed by atoms with Crippen LogP contribution in [0.1, 0.15) is 0 Å². The molecule has 0 atom stereocenters. The van der Waals surface area contributed by atoms with Gasteiger partial charge in [0.05, 0.1) is 13.1 Å². The van der Waals surface area contributed by atoms with E-state index in [1.54, 1.807) is 0 Å². The van der Waals surface area contributed by atoms with Gasteiger partial charge >= 0.3 is 0 Å². The van der Waals surface area contributed by atoms with Crippen molar-refractivity contribution in [1.82, 2.24) is 4.90 Å². The van der Waals surface area contributed by atoms with Gasteiger partial charge in [-0.3, -0.25) is 9.69 Å². The fourth-order valence-electron chi connectivity index (χ4n) is 0.833. The van der Waals surface area contributed by atoms with Crippen molar-refractivity contribution >= 4 is 5.91 Å². The Hall–Kier alpha value is -0.750. The average molecular weight is 181 g/mol. The van der Waals surface area contributed by atoms with Crippen LogP contribution in [0.4, 0.5) is 8.78 Å². The Bertz CT molecular complexity index is 143. The molecular weight excluding hydrogens is 168 g/mol. The highest BCUT2D eigenvalue weighted by molar-refractivity contribution is 5.75. The third-order valence-electron chi connectivity index (χ3n) is 1.22. The fraction of sp³-hybridized carbons (Fsp3) is 0.833. The summed E-state index contributed by atoms with van der Waals surface area (Å²) in [7, 11) is 0. The Balaban J connectivity index is 3.77. The second kappa shape index (κ2) is 5.84. The van der Waals surface area contributed by atoms with Gasteiger partial charge in [-0.25, -0.2) is 8.78 Å². The summed E-state index contributed by atoms with van der Waals surface area (Å²) in [6, 6.07) is 0. The first kappa shape index (κ1) is 11.2. The van der Waals surface area contributed by atoms with Crippen molar-refractivity contribution in [3.8, 4) is 0 Å². The molecule has 4 N–H and O–H groups in total. The quantitative estimate of drug-likeness (QED) is 0.552. The minimum absolute atomic E-state index is 0.165. The molecule has 0 aliphatic carbocycles. The maximum absolute atomic E-state index is 11.8. The summed E-state index contributed by atoms with van der Waals surface area (Å²) >= 11 is 0. The average Bonchev–Trinajstić information content (AvgIpc) is 1.84. The Morgan fingerprint density at radius 2 is 2.08 bits per heavy atom. The fourth-order valence-corrected chi connectivity index (χ4v) is 0.833. The predicted octanol–water partition coefficient (Wildman–Crippen LogP) is -1.00. The Morgan fingerprint density at radius 1 is 1.50 bits per heavy atom. The summed E-state index contributed by atoms with van der Waals surface area (Å²) in [4.78, 5) is 11.6. The van der Waals surface area contributed by atoms with Gasteiger partial charge in [0.25, 0.3) is 6.43 Å². The first-order valence-electron chi connectivity index (χ1n) is 3.55. The lowest BCUT2D eigenvalue weighted by Crippen LogP contribution is -2.39. The van der Waals surface area contributed by atoms with Crippen molar-refractivity contribution in [2.24, 2.45) is 11.5 Å². The molecule has 0 aromatic rings. The van der Waals surface area contributed by atoms with Gasteiger partial charge in [-0.2, -0.15) is 0 Å². The summed E-state index contributed by atoms with van der Waals surface area (Å²) in [6.45, 7) is -0.130. The molecule has 6 heteroatoms. The van der Waals surface area contributed by atoms with E-state index >= 15 is 0 Å². The number of rotatable bonds is 6. The topological polar surface area (TPSA) is 72.3 Å². The van der Waals surface area contributed by atoms with E-state index in [9.17, 15) is 13.6 Å². The molecule has 0 aliphatic heterocycles. The maximum Gasteiger partial charge on any atom is 0.251 e. The molecule has 0 saturated carbocycles. The highest BCUT2D eigenvalue weighted by Gasteiger charge is 2.12. The van der Waals surface area contributed by atoms with Crippen molar-refractivity contribution in [3.05, 3.63) is 0 Å². The number of amides is 1. The number of primary amides is 1. The number of halogens is 2. The molecule has 1 amide bonds. The van der Waals surface area contributed by atoms with Crippen molar-refractivity contribution in [3.63, 3.8) is 0 Å². The number of carbonyl (C=O) groups is 1. The summed E-state index contributed by atoms with van der Waals surface area (Å²) in [6.07, 6.45) is -2.46. The first-order valence-corrected chi connectivity index (χ1v) is 3.55. The van der Waals surface area contributed by atoms with Gasteiger partial charge in [0.1, 0.15) is 0 Å². The van der Waals surface area contributed by atoms with Crippen LogP contribution < -0.4 is 11.5 Å². The molecule has 0 fully saturated rings. The molecule has 12 heavy (non-hydrogen) atoms. The van der Waals surface area contributed by atoms with Crippen LogP contribution in [0.3, 0.4) is 0 Å². The Labute approximate surface area is 69.5 Å². The van der Waals surface area contributed by atoms with Crippen LogP contribution in [0, 0.1) is 0 Å². The zero-order chi connectivity index (χ0) is 9.56. The molecule has 0 spiro atoms. The van der Waals surface area contributed by atoms with Crippen LogP contribution in [0.25, 0.3) is 0 Å². The zero-order valence-electron chi connectivity index (χ0n) is 6.67. The predicted molar refractivity (Wildman–Crippen MR) is 40.7 cm³/mol. The van der Waals surface area contributed by atoms with Crippen LogP contribution in [0.2, 0.25) is 0 Å². The van der Waals surface area contributed by atoms with Gasteiger partial charge in [0.15, 0.2) is 0 Å². The number of nitrogens with zero attached hydrogens (tertiary/aromatic N) is 1. The number of carbonyl (C=O) groups excluding carboxylic acids is 1. The van der Waals surface area contributed by atoms with E-state index in [4.69, 9.17) is 11.5 Å². The lowest BCUT2D eigenvalue weighted by atomic mass is 10.4. The molecule has 0 bridgehead atoms. The molecule has 72 valence electrons. The Morgan fingerprint density at radius 3 is 2.42 bits per heavy atom. The summed E-state index contributed by atoms with van der Waals surface area (Å²) in [5, 5.41) is 0. The van der Waals surface area contributed by atoms with Gasteiger partial charge in [-0.15, -0.1) is 0 Å². The van der Waals surface area contributed by atoms with E-state index in [2.05, 4.69) is 0 Å². The minimum atomic E-state index is -2.46. The molecular formula is C6H13F2N3O. The molecule has 0 unspecified atom stereocenters. The van der Waals surface area contributed by atoms with E-state index < -0.39 is 18.9 Å². The number of hydrogen-bond acceptors (Lipinski definition) is 3. The van der Waals surface area contributed by atoms with Gasteiger partial charge in [-0.05, 0) is 0 Å². The maximum atomic E-state index is 11.8. The second-order valence-electron chi connectivity index (χ2n) is 2.38. The second-order valence-corrected chi connectivity index (χ2v) is 2.38. The van der Waals surface area contributed by atoms with Crippen LogP contribution in [0.15, 0.2) is 0 Å². The third-order valence-corrected chi connectivity index (χ3v) is 1.22. The highest BCUT2D eigenvalue weighted by atomic mass is 19.3. The van der Waals surface area contributed by atoms with Gasteiger partial charge < -0.3 is 11.5 Å². The van der Waals surface area contributed by atoms with Crippen LogP contribution in [-0.2, 0) is 4.79 Å². The lowest BCUT2D eigenvalue weighted by Gasteiger charge is -2.18. The normalized spacial score (nSPS) is 11.1. The Kier molecular flexibility index (Phi) is 5.48. The zero-order valence-corrected chi connectivity index (χ0v) is 6.67. The molecule has 0 radical (unpaired) electrons. The number of nitrogens with two attached hydrogens (primary N) is 2. The van der Waals surface area contributed by atoms with Gasteiger partial charge in [0, 0.05) is 13.1 Å². The van der Waals surface area contributed by atoms with E-state index in [-0.39, 0.29) is 19.6 Å². The molecule has 4 nitrogen and oxygen atoms in total. The largest absolute Gasteiger partial charge is 0.369 e. The molecule has 0 saturated heterocycles. The molecule has 0 aromatic heterocycles. The molecule has 0 aliphatic rings. The van der Waals surface area contributed by atoms with Crippen LogP contribution >= 0.6 is 0 Å². The van der Waals surface area contributed by atoms with Crippen molar-refractivity contribution in [2.75, 3.05) is 26.2 Å². The van der Waals surface area contributed by atoms with Crippen LogP contribution in [0.5, 0.6) is 0 Å². The van der Waals surface area contributed by atoms with E-state index in [1.165, 1.54) is 4.90 Å². The lowest BCUT2D eigenvalue weighted by molar-refractivity contribution is -0.119. The van der Waals surface area contributed by atoms with E-state index in [0.29, 0.717) is 0 Å². The van der Waals surface area contributed by atoms with Gasteiger partial charge in [0.2, 0.25) is 5.91 Å². The van der Waals surface area contributed by atoms with Crippen molar-refractivity contribution in [1.29, 1.82) is 0 Å². The van der Waals surface area contributed by atoms with Gasteiger partial charge in [-0.1, -0.05) is 0 Å². The number of alkyl halides is 2. The number of hydrogen-bond donors (Lipinski definition) is 2. The van der Waals surface area contributed by atoms with E-state index in [0.717, 1.165) is 0 Å². The summed E-state index contributed by atoms with van der Waals surface area (Å²) in [5.74, 6) is -0.621. The van der Waals surface area contributed by atoms with Crippen molar-refractivity contribution in [2.45, 2.75) is 6.43 Å². The minimum Gasteiger partial charge on any atom is -0.369 e. The summed E-state index contributed by atoms with van der Waals surface area (Å²) in [5.41, 5.74) is 9.98. The van der Waals surface area contributed by atoms with E-state index in [1.807, 2.05) is 0 Å². The SMILES string of the molecule is NCCN(CC(N)=O)CC(F)F. The van der Waals surface area contributed by atoms with Crippen LogP contribution in [-0.4, -0.2) is 43.4 Å². The third kappa shape index (κ3) is 5.99. The smallest absolute Gasteiger partial charge is 0.251 e. The summed E-state index contributed by atoms with van der Waals surface area (Å²) < 4.78 is 23.6. The molecule has 0 aromatic carbocycles. The molecule has 0 rings (SSSR count). The highest BCUT2D eigenvalue weighted by Crippen LogP contribution is 1.96.